The molecule has 98 valence electrons. The van der Waals surface area contributed by atoms with Crippen molar-refractivity contribution in [1.82, 2.24) is 0 Å². The van der Waals surface area contributed by atoms with E-state index in [-0.39, 0.29) is 5.82 Å². The molecule has 2 N–H and O–H groups in total. The van der Waals surface area contributed by atoms with Gasteiger partial charge in [-0.1, -0.05) is 12.1 Å². The predicted octanol–water partition coefficient (Wildman–Crippen LogP) is 3.25. The van der Waals surface area contributed by atoms with Crippen LogP contribution >= 0.6 is 0 Å². The first-order valence-electron chi connectivity index (χ1n) is 6.04. The number of fused-ring (bicyclic) bond motifs is 1. The first-order chi connectivity index (χ1) is 9.00. The molecule has 0 spiro atoms. The Kier molecular flexibility index (Phi) is 2.64. The van der Waals surface area contributed by atoms with Crippen molar-refractivity contribution >= 4 is 0 Å². The third-order valence-electron chi connectivity index (χ3n) is 3.77. The minimum absolute atomic E-state index is 0.312. The summed E-state index contributed by atoms with van der Waals surface area (Å²) < 4.78 is 39.5. The molecule has 2 aromatic rings. The predicted molar refractivity (Wildman–Crippen MR) is 66.0 cm³/mol. The molecule has 0 radical (unpaired) electrons. The summed E-state index contributed by atoms with van der Waals surface area (Å²) in [6.07, 6.45) is 1.18. The van der Waals surface area contributed by atoms with Crippen molar-refractivity contribution in [1.29, 1.82) is 0 Å². The Morgan fingerprint density at radius 3 is 2.47 bits per heavy atom. The maximum absolute atomic E-state index is 13.4. The van der Waals surface area contributed by atoms with Crippen molar-refractivity contribution in [3.05, 3.63) is 70.5 Å². The summed E-state index contributed by atoms with van der Waals surface area (Å²) in [5, 5.41) is 0. The van der Waals surface area contributed by atoms with Crippen molar-refractivity contribution in [2.45, 2.75) is 18.4 Å². The highest BCUT2D eigenvalue weighted by atomic mass is 19.2. The van der Waals surface area contributed by atoms with E-state index in [0.29, 0.717) is 18.4 Å². The molecule has 2 aromatic carbocycles. The largest absolute Gasteiger partial charge is 0.318 e. The van der Waals surface area contributed by atoms with E-state index in [9.17, 15) is 13.2 Å². The fourth-order valence-corrected chi connectivity index (χ4v) is 2.74. The Balaban J connectivity index is 2.13. The fourth-order valence-electron chi connectivity index (χ4n) is 2.74. The summed E-state index contributed by atoms with van der Waals surface area (Å²) in [6.45, 7) is 0. The molecule has 4 heteroatoms. The third-order valence-corrected chi connectivity index (χ3v) is 3.77. The van der Waals surface area contributed by atoms with Gasteiger partial charge in [0.25, 0.3) is 0 Å². The molecule has 1 aliphatic carbocycles. The Morgan fingerprint density at radius 2 is 1.74 bits per heavy atom. The fraction of sp³-hybridized carbons (Fsp3) is 0.200. The topological polar surface area (TPSA) is 26.0 Å². The number of hydrogen-bond acceptors (Lipinski definition) is 1. The quantitative estimate of drug-likeness (QED) is 0.839. The van der Waals surface area contributed by atoms with Crippen LogP contribution in [0.1, 0.15) is 23.1 Å². The normalized spacial score (nSPS) is 21.5. The smallest absolute Gasteiger partial charge is 0.159 e. The van der Waals surface area contributed by atoms with Crippen LogP contribution in [0.4, 0.5) is 13.2 Å². The van der Waals surface area contributed by atoms with Crippen LogP contribution in [0.3, 0.4) is 0 Å². The third kappa shape index (κ3) is 1.83. The van der Waals surface area contributed by atoms with E-state index in [1.54, 1.807) is 6.07 Å². The van der Waals surface area contributed by atoms with E-state index in [0.717, 1.165) is 23.3 Å². The van der Waals surface area contributed by atoms with Gasteiger partial charge < -0.3 is 5.73 Å². The van der Waals surface area contributed by atoms with Crippen molar-refractivity contribution in [3.63, 3.8) is 0 Å². The van der Waals surface area contributed by atoms with Crippen LogP contribution in [0.2, 0.25) is 0 Å². The lowest BCUT2D eigenvalue weighted by atomic mass is 9.85. The summed E-state index contributed by atoms with van der Waals surface area (Å²) in [4.78, 5) is 0. The molecule has 1 unspecified atom stereocenters. The summed E-state index contributed by atoms with van der Waals surface area (Å²) in [7, 11) is 0. The number of rotatable bonds is 1. The monoisotopic (exact) mass is 263 g/mol. The number of benzene rings is 2. The van der Waals surface area contributed by atoms with Gasteiger partial charge in [-0.2, -0.15) is 0 Å². The lowest BCUT2D eigenvalue weighted by Gasteiger charge is -2.26. The van der Waals surface area contributed by atoms with Crippen LogP contribution in [0.5, 0.6) is 0 Å². The van der Waals surface area contributed by atoms with E-state index < -0.39 is 17.2 Å². The average molecular weight is 263 g/mol. The maximum atomic E-state index is 13.4. The maximum Gasteiger partial charge on any atom is 0.159 e. The molecule has 1 nitrogen and oxygen atoms in total. The SMILES string of the molecule is NC1(c2ccc(F)c(F)c2)CCc2cc(F)ccc21. The minimum Gasteiger partial charge on any atom is -0.318 e. The highest BCUT2D eigenvalue weighted by molar-refractivity contribution is 5.47. The summed E-state index contributed by atoms with van der Waals surface area (Å²) >= 11 is 0. The molecule has 1 atom stereocenters. The van der Waals surface area contributed by atoms with Gasteiger partial charge in [-0.05, 0) is 53.8 Å². The zero-order chi connectivity index (χ0) is 13.6. The molecule has 3 rings (SSSR count). The van der Waals surface area contributed by atoms with Crippen LogP contribution < -0.4 is 5.73 Å². The van der Waals surface area contributed by atoms with Gasteiger partial charge in [0.1, 0.15) is 5.82 Å². The Bertz CT molecular complexity index is 654. The number of halogens is 3. The molecular formula is C15H12F3N. The molecule has 1 aliphatic rings. The summed E-state index contributed by atoms with van der Waals surface area (Å²) in [5.41, 5.74) is 7.59. The van der Waals surface area contributed by atoms with E-state index in [2.05, 4.69) is 0 Å². The van der Waals surface area contributed by atoms with Crippen LogP contribution in [-0.4, -0.2) is 0 Å². The van der Waals surface area contributed by atoms with Gasteiger partial charge in [0.2, 0.25) is 0 Å². The van der Waals surface area contributed by atoms with Gasteiger partial charge in [0, 0.05) is 0 Å². The lowest BCUT2D eigenvalue weighted by Crippen LogP contribution is -2.35. The Hall–Kier alpha value is -1.81. The molecule has 0 fully saturated rings. The van der Waals surface area contributed by atoms with E-state index in [1.165, 1.54) is 18.2 Å². The molecule has 19 heavy (non-hydrogen) atoms. The van der Waals surface area contributed by atoms with Gasteiger partial charge in [-0.15, -0.1) is 0 Å². The molecule has 0 saturated carbocycles. The van der Waals surface area contributed by atoms with E-state index >= 15 is 0 Å². The molecule has 0 bridgehead atoms. The first kappa shape index (κ1) is 12.2. The average Bonchev–Trinajstić information content (AvgIpc) is 2.71. The molecular weight excluding hydrogens is 251 g/mol. The molecule has 0 saturated heterocycles. The van der Waals surface area contributed by atoms with Gasteiger partial charge in [0.15, 0.2) is 11.6 Å². The number of hydrogen-bond donors (Lipinski definition) is 1. The second-order valence-corrected chi connectivity index (χ2v) is 4.90. The first-order valence-corrected chi connectivity index (χ1v) is 6.04. The van der Waals surface area contributed by atoms with Crippen molar-refractivity contribution < 1.29 is 13.2 Å². The second kappa shape index (κ2) is 4.10. The van der Waals surface area contributed by atoms with Crippen molar-refractivity contribution in [2.75, 3.05) is 0 Å². The van der Waals surface area contributed by atoms with Gasteiger partial charge in [-0.3, -0.25) is 0 Å². The number of nitrogens with two attached hydrogens (primary N) is 1. The lowest BCUT2D eigenvalue weighted by molar-refractivity contribution is 0.490. The van der Waals surface area contributed by atoms with Crippen molar-refractivity contribution in [3.8, 4) is 0 Å². The molecule has 0 aromatic heterocycles. The highest BCUT2D eigenvalue weighted by Crippen LogP contribution is 2.40. The zero-order valence-corrected chi connectivity index (χ0v) is 10.1. The molecule has 0 heterocycles. The van der Waals surface area contributed by atoms with Gasteiger partial charge in [0.05, 0.1) is 5.54 Å². The summed E-state index contributed by atoms with van der Waals surface area (Å²) in [6, 6.07) is 8.08. The highest BCUT2D eigenvalue weighted by Gasteiger charge is 2.37. The van der Waals surface area contributed by atoms with Gasteiger partial charge in [-0.25, -0.2) is 13.2 Å². The molecule has 0 amide bonds. The minimum atomic E-state index is -0.919. The second-order valence-electron chi connectivity index (χ2n) is 4.90. The van der Waals surface area contributed by atoms with Crippen LogP contribution in [0.15, 0.2) is 36.4 Å². The van der Waals surface area contributed by atoms with Crippen LogP contribution in [0.25, 0.3) is 0 Å². The molecule has 0 aliphatic heterocycles. The van der Waals surface area contributed by atoms with E-state index in [4.69, 9.17) is 5.73 Å². The Labute approximate surface area is 108 Å². The van der Waals surface area contributed by atoms with E-state index in [1.807, 2.05) is 0 Å². The standard InChI is InChI=1S/C15H12F3N/c16-11-2-3-12-9(7-11)5-6-15(12,19)10-1-4-13(17)14(18)8-10/h1-4,7-8H,5-6,19H2. The Morgan fingerprint density at radius 1 is 0.947 bits per heavy atom. The van der Waals surface area contributed by atoms with Crippen LogP contribution in [0, 0.1) is 17.5 Å². The number of aryl methyl sites for hydroxylation is 1. The van der Waals surface area contributed by atoms with Crippen LogP contribution in [-0.2, 0) is 12.0 Å². The zero-order valence-electron chi connectivity index (χ0n) is 10.1. The van der Waals surface area contributed by atoms with Crippen molar-refractivity contribution in [2.24, 2.45) is 5.73 Å². The van der Waals surface area contributed by atoms with Gasteiger partial charge >= 0.3 is 0 Å². The summed E-state index contributed by atoms with van der Waals surface area (Å²) in [5.74, 6) is -2.13.